The highest BCUT2D eigenvalue weighted by atomic mass is 32.2. The number of hydrogen-bond acceptors (Lipinski definition) is 6. The first-order valence-electron chi connectivity index (χ1n) is 15.4. The summed E-state index contributed by atoms with van der Waals surface area (Å²) in [5, 5.41) is 16.0. The fraction of sp³-hybridized carbons (Fsp3) is 0.314. The Bertz CT molecular complexity index is 2030. The van der Waals surface area contributed by atoms with Crippen LogP contribution in [0.25, 0.3) is 17.0 Å². The molecule has 0 saturated heterocycles. The molecule has 3 aromatic carbocycles. The molecule has 5 rings (SSSR count). The maximum absolute atomic E-state index is 13.5. The van der Waals surface area contributed by atoms with Gasteiger partial charge in [-0.25, -0.2) is 18.2 Å². The average Bonchev–Trinajstić information content (AvgIpc) is 3.80. The van der Waals surface area contributed by atoms with Crippen molar-refractivity contribution in [2.24, 2.45) is 0 Å². The molecule has 1 aromatic heterocycles. The summed E-state index contributed by atoms with van der Waals surface area (Å²) in [6.07, 6.45) is 4.07. The first kappa shape index (κ1) is 33.6. The van der Waals surface area contributed by atoms with Crippen LogP contribution in [0.4, 0.5) is 4.79 Å². The van der Waals surface area contributed by atoms with E-state index in [4.69, 9.17) is 0 Å². The van der Waals surface area contributed by atoms with Gasteiger partial charge in [-0.2, -0.15) is 4.72 Å². The molecule has 1 heterocycles. The van der Waals surface area contributed by atoms with E-state index in [1.54, 1.807) is 44.2 Å². The number of carboxylic acids is 1. The van der Waals surface area contributed by atoms with Crippen LogP contribution < -0.4 is 20.9 Å². The van der Waals surface area contributed by atoms with Crippen LogP contribution in [0.5, 0.6) is 0 Å². The van der Waals surface area contributed by atoms with Crippen LogP contribution >= 0.6 is 0 Å². The second-order valence-electron chi connectivity index (χ2n) is 12.1. The normalized spacial score (nSPS) is 16.7. The number of carbonyl (C=O) groups is 2. The summed E-state index contributed by atoms with van der Waals surface area (Å²) < 4.78 is 29.3. The second kappa shape index (κ2) is 13.5. The molecule has 11 nitrogen and oxygen atoms in total. The zero-order valence-corrected chi connectivity index (χ0v) is 27.8. The molecule has 12 heteroatoms. The third kappa shape index (κ3) is 7.44. The number of aromatic nitrogens is 2. The molecular formula is C35H39N5O6S. The number of hydrogen-bond donors (Lipinski definition) is 5. The van der Waals surface area contributed by atoms with Gasteiger partial charge in [0.25, 0.3) is 5.56 Å². The van der Waals surface area contributed by atoms with Gasteiger partial charge in [-0.1, -0.05) is 48.6 Å². The minimum absolute atomic E-state index is 0.0333. The van der Waals surface area contributed by atoms with E-state index in [0.717, 1.165) is 23.1 Å². The van der Waals surface area contributed by atoms with E-state index in [1.165, 1.54) is 5.56 Å². The van der Waals surface area contributed by atoms with E-state index in [2.05, 4.69) is 37.5 Å². The molecule has 246 valence electrons. The van der Waals surface area contributed by atoms with Crippen molar-refractivity contribution in [3.8, 4) is 0 Å². The number of benzene rings is 3. The molecule has 0 spiro atoms. The van der Waals surface area contributed by atoms with E-state index < -0.39 is 27.6 Å². The van der Waals surface area contributed by atoms with Crippen molar-refractivity contribution in [2.45, 2.75) is 70.4 Å². The summed E-state index contributed by atoms with van der Waals surface area (Å²) in [4.78, 5) is 44.5. The lowest BCUT2D eigenvalue weighted by Gasteiger charge is -2.21. The van der Waals surface area contributed by atoms with Crippen LogP contribution in [-0.4, -0.2) is 54.1 Å². The number of nitrogens with one attached hydrogen (secondary N) is 4. The van der Waals surface area contributed by atoms with Gasteiger partial charge in [0.15, 0.2) is 0 Å². The van der Waals surface area contributed by atoms with E-state index in [-0.39, 0.29) is 41.1 Å². The summed E-state index contributed by atoms with van der Waals surface area (Å²) >= 11 is 0. The Labute approximate surface area is 273 Å². The number of sulfonamides is 1. The number of aliphatic carboxylic acids is 1. The Hall–Kier alpha value is -4.81. The standard InChI is InChI=1S/C35H39N5O6S/c1-19-20(2)22(4)32(23(5)21(19)3)47(45,46)40-30(34(42)43)18-31-37-28-14-13-24(16-27(28)33(41)39-31)10-9-15-36-35(44)38-29-17-26(29)25-11-7-6-8-12-25/h6-14,16,26,29-30,40H,15,17-18H2,1-5H3,(H,42,43)(H2,36,38,44)(H,37,39,41)/t26-,29?,30-/m0/s1. The number of carbonyl (C=O) groups excluding carboxylic acids is 1. The molecule has 3 atom stereocenters. The average molecular weight is 658 g/mol. The van der Waals surface area contributed by atoms with Crippen LogP contribution in [-0.2, 0) is 21.2 Å². The van der Waals surface area contributed by atoms with Gasteiger partial charge in [0.1, 0.15) is 11.9 Å². The van der Waals surface area contributed by atoms with Crippen LogP contribution in [0.2, 0.25) is 0 Å². The first-order chi connectivity index (χ1) is 22.3. The third-order valence-corrected chi connectivity index (χ3v) is 10.7. The number of carboxylic acid groups (broad SMARTS) is 1. The van der Waals surface area contributed by atoms with Gasteiger partial charge in [0, 0.05) is 24.9 Å². The van der Waals surface area contributed by atoms with Crippen LogP contribution in [0.1, 0.15) is 57.1 Å². The molecule has 1 aliphatic rings. The molecule has 2 amide bonds. The number of nitrogens with zero attached hydrogens (tertiary/aromatic N) is 1. The topological polar surface area (TPSA) is 170 Å². The molecule has 0 aliphatic heterocycles. The number of urea groups is 1. The summed E-state index contributed by atoms with van der Waals surface area (Å²) in [6, 6.07) is 13.4. The molecule has 0 bridgehead atoms. The number of aromatic amines is 1. The minimum Gasteiger partial charge on any atom is -0.480 e. The van der Waals surface area contributed by atoms with E-state index >= 15 is 0 Å². The van der Waals surface area contributed by atoms with Crippen molar-refractivity contribution < 1.29 is 23.1 Å². The quantitative estimate of drug-likeness (QED) is 0.160. The van der Waals surface area contributed by atoms with Crippen LogP contribution in [0, 0.1) is 34.6 Å². The summed E-state index contributed by atoms with van der Waals surface area (Å²) in [5.41, 5.74) is 5.50. The summed E-state index contributed by atoms with van der Waals surface area (Å²) in [5.74, 6) is -1.03. The Balaban J connectivity index is 1.23. The summed E-state index contributed by atoms with van der Waals surface area (Å²) in [7, 11) is -4.23. The van der Waals surface area contributed by atoms with Gasteiger partial charge in [-0.15, -0.1) is 0 Å². The van der Waals surface area contributed by atoms with Gasteiger partial charge in [0.05, 0.1) is 15.8 Å². The lowest BCUT2D eigenvalue weighted by molar-refractivity contribution is -0.139. The van der Waals surface area contributed by atoms with Crippen molar-refractivity contribution in [1.29, 1.82) is 0 Å². The smallest absolute Gasteiger partial charge is 0.322 e. The molecule has 47 heavy (non-hydrogen) atoms. The Kier molecular flexibility index (Phi) is 9.64. The molecule has 1 aliphatic carbocycles. The predicted molar refractivity (Wildman–Crippen MR) is 181 cm³/mol. The number of H-pyrrole nitrogens is 1. The Morgan fingerprint density at radius 3 is 2.32 bits per heavy atom. The van der Waals surface area contributed by atoms with Crippen molar-refractivity contribution in [1.82, 2.24) is 25.3 Å². The van der Waals surface area contributed by atoms with Crippen molar-refractivity contribution in [3.05, 3.63) is 110 Å². The van der Waals surface area contributed by atoms with Crippen molar-refractivity contribution in [3.63, 3.8) is 0 Å². The van der Waals surface area contributed by atoms with Crippen molar-refractivity contribution in [2.75, 3.05) is 6.54 Å². The molecule has 1 saturated carbocycles. The number of amides is 2. The lowest BCUT2D eigenvalue weighted by Crippen LogP contribution is -2.43. The van der Waals surface area contributed by atoms with Gasteiger partial charge in [-0.3, -0.25) is 9.59 Å². The van der Waals surface area contributed by atoms with Gasteiger partial charge in [0.2, 0.25) is 10.0 Å². The molecule has 1 fully saturated rings. The van der Waals surface area contributed by atoms with Crippen LogP contribution in [0.15, 0.2) is 64.3 Å². The zero-order chi connectivity index (χ0) is 34.0. The van der Waals surface area contributed by atoms with Gasteiger partial charge in [-0.05, 0) is 92.1 Å². The molecular weight excluding hydrogens is 618 g/mol. The van der Waals surface area contributed by atoms with E-state index in [1.807, 2.05) is 39.0 Å². The summed E-state index contributed by atoms with van der Waals surface area (Å²) in [6.45, 7) is 9.28. The molecule has 4 aromatic rings. The fourth-order valence-corrected chi connectivity index (χ4v) is 7.67. The minimum atomic E-state index is -4.23. The van der Waals surface area contributed by atoms with E-state index in [9.17, 15) is 27.9 Å². The highest BCUT2D eigenvalue weighted by Crippen LogP contribution is 2.40. The Morgan fingerprint density at radius 2 is 1.66 bits per heavy atom. The van der Waals surface area contributed by atoms with Gasteiger partial charge < -0.3 is 20.7 Å². The molecule has 1 unspecified atom stereocenters. The molecule has 5 N–H and O–H groups in total. The lowest BCUT2D eigenvalue weighted by atomic mass is 9.95. The predicted octanol–water partition coefficient (Wildman–Crippen LogP) is 4.31. The fourth-order valence-electron chi connectivity index (χ4n) is 5.88. The number of rotatable bonds is 11. The van der Waals surface area contributed by atoms with Crippen LogP contribution in [0.3, 0.4) is 0 Å². The second-order valence-corrected chi connectivity index (χ2v) is 13.7. The highest BCUT2D eigenvalue weighted by molar-refractivity contribution is 7.89. The Morgan fingerprint density at radius 1 is 1.00 bits per heavy atom. The maximum atomic E-state index is 13.5. The van der Waals surface area contributed by atoms with E-state index in [0.29, 0.717) is 28.1 Å². The van der Waals surface area contributed by atoms with Gasteiger partial charge >= 0.3 is 12.0 Å². The third-order valence-electron chi connectivity index (χ3n) is 9.00. The largest absolute Gasteiger partial charge is 0.480 e. The number of fused-ring (bicyclic) bond motifs is 1. The highest BCUT2D eigenvalue weighted by Gasteiger charge is 2.39. The zero-order valence-electron chi connectivity index (χ0n) is 27.0. The SMILES string of the molecule is Cc1c(C)c(C)c(S(=O)(=O)N[C@@H](Cc2nc3ccc(C=CCNC(=O)NC4C[C@H]4c4ccccc4)cc3c(=O)[nH]2)C(=O)O)c(C)c1C. The maximum Gasteiger partial charge on any atom is 0.322 e. The molecule has 0 radical (unpaired) electrons. The van der Waals surface area contributed by atoms with Crippen molar-refractivity contribution >= 4 is 39.0 Å². The monoisotopic (exact) mass is 657 g/mol. The first-order valence-corrected chi connectivity index (χ1v) is 16.9.